The molecule has 2 fully saturated rings. The highest BCUT2D eigenvalue weighted by molar-refractivity contribution is 6.08. The molecule has 2 aromatic carbocycles. The SMILES string of the molecule is O=C(O)Cc1c(F)c(F)c(C(=O)[O-])c(-c2c3ccc(=[N+]4CCC4)cc-3oc3cc(N4CCC4)ccc23)c1F. The van der Waals surface area contributed by atoms with Crippen LogP contribution in [0.4, 0.5) is 18.9 Å². The number of carboxylic acids is 2. The van der Waals surface area contributed by atoms with Crippen LogP contribution in [-0.2, 0) is 11.2 Å². The zero-order valence-corrected chi connectivity index (χ0v) is 20.0. The summed E-state index contributed by atoms with van der Waals surface area (Å²) < 4.78 is 54.2. The Morgan fingerprint density at radius 1 is 0.974 bits per heavy atom. The topological polar surface area (TPSA) is 96.8 Å². The lowest BCUT2D eigenvalue weighted by atomic mass is 9.88. The predicted molar refractivity (Wildman–Crippen MR) is 130 cm³/mol. The molecule has 0 unspecified atom stereocenters. The average molecular weight is 522 g/mol. The van der Waals surface area contributed by atoms with Crippen LogP contribution < -0.4 is 19.9 Å². The molecule has 3 aliphatic heterocycles. The number of carboxylic acid groups (broad SMARTS) is 2. The third-order valence-electron chi connectivity index (χ3n) is 7.33. The smallest absolute Gasteiger partial charge is 0.308 e. The minimum absolute atomic E-state index is 0.0474. The average Bonchev–Trinajstić information content (AvgIpc) is 2.80. The molecule has 0 amide bonds. The number of fused-ring (bicyclic) bond motifs is 2. The first-order valence-electron chi connectivity index (χ1n) is 12.2. The third kappa shape index (κ3) is 3.70. The summed E-state index contributed by atoms with van der Waals surface area (Å²) in [6, 6.07) is 10.2. The maximum atomic E-state index is 16.0. The van der Waals surface area contributed by atoms with Gasteiger partial charge in [0.2, 0.25) is 5.36 Å². The Morgan fingerprint density at radius 3 is 2.34 bits per heavy atom. The molecule has 38 heavy (non-hydrogen) atoms. The second-order valence-corrected chi connectivity index (χ2v) is 9.55. The first-order chi connectivity index (χ1) is 18.2. The summed E-state index contributed by atoms with van der Waals surface area (Å²) in [5.74, 6) is -8.68. The highest BCUT2D eigenvalue weighted by Gasteiger charge is 2.31. The molecular formula is C28H21F3N2O5. The number of benzene rings is 3. The number of rotatable bonds is 5. The molecule has 0 aromatic heterocycles. The highest BCUT2D eigenvalue weighted by atomic mass is 19.2. The van der Waals surface area contributed by atoms with Crippen molar-refractivity contribution in [3.63, 3.8) is 0 Å². The number of aliphatic carboxylic acids is 1. The zero-order valence-electron chi connectivity index (χ0n) is 20.0. The van der Waals surface area contributed by atoms with Gasteiger partial charge in [0.1, 0.15) is 30.3 Å². The molecule has 0 atom stereocenters. The minimum atomic E-state index is -2.13. The Labute approximate surface area is 214 Å². The van der Waals surface area contributed by atoms with Crippen LogP contribution in [0.3, 0.4) is 0 Å². The molecule has 10 heteroatoms. The van der Waals surface area contributed by atoms with E-state index in [9.17, 15) is 24.2 Å². The molecule has 7 nitrogen and oxygen atoms in total. The van der Waals surface area contributed by atoms with Gasteiger partial charge >= 0.3 is 5.97 Å². The van der Waals surface area contributed by atoms with Crippen molar-refractivity contribution in [3.05, 3.63) is 70.3 Å². The van der Waals surface area contributed by atoms with E-state index in [0.717, 1.165) is 50.1 Å². The van der Waals surface area contributed by atoms with Gasteiger partial charge in [-0.1, -0.05) is 0 Å². The van der Waals surface area contributed by atoms with Crippen molar-refractivity contribution < 1.29 is 37.4 Å². The molecule has 1 aliphatic carbocycles. The fourth-order valence-corrected chi connectivity index (χ4v) is 5.12. The molecule has 194 valence electrons. The minimum Gasteiger partial charge on any atom is -0.545 e. The Bertz CT molecular complexity index is 1700. The van der Waals surface area contributed by atoms with Gasteiger partial charge in [-0.25, -0.2) is 17.7 Å². The van der Waals surface area contributed by atoms with Crippen molar-refractivity contribution >= 4 is 28.6 Å². The van der Waals surface area contributed by atoms with Gasteiger partial charge in [-0.15, -0.1) is 0 Å². The number of anilines is 1. The number of carbonyl (C=O) groups is 2. The maximum Gasteiger partial charge on any atom is 0.308 e. The van der Waals surface area contributed by atoms with E-state index in [4.69, 9.17) is 4.42 Å². The largest absolute Gasteiger partial charge is 0.545 e. The summed E-state index contributed by atoms with van der Waals surface area (Å²) in [4.78, 5) is 25.5. The van der Waals surface area contributed by atoms with Crippen LogP contribution in [0.25, 0.3) is 33.4 Å². The van der Waals surface area contributed by atoms with E-state index in [0.29, 0.717) is 0 Å². The number of hydrogen-bond acceptors (Lipinski definition) is 5. The number of carbonyl (C=O) groups excluding carboxylic acids is 1. The van der Waals surface area contributed by atoms with Crippen molar-refractivity contribution in [2.45, 2.75) is 19.3 Å². The second kappa shape index (κ2) is 8.90. The van der Waals surface area contributed by atoms with Crippen molar-refractivity contribution in [1.82, 2.24) is 4.58 Å². The summed E-state index contributed by atoms with van der Waals surface area (Å²) in [5, 5.41) is 22.4. The van der Waals surface area contributed by atoms with E-state index in [1.54, 1.807) is 36.4 Å². The molecule has 0 spiro atoms. The first kappa shape index (κ1) is 24.0. The molecule has 2 aromatic rings. The van der Waals surface area contributed by atoms with Crippen LogP contribution >= 0.6 is 0 Å². The fourth-order valence-electron chi connectivity index (χ4n) is 5.12. The summed E-state index contributed by atoms with van der Waals surface area (Å²) in [5.41, 5.74) is -1.84. The Morgan fingerprint density at radius 2 is 1.74 bits per heavy atom. The summed E-state index contributed by atoms with van der Waals surface area (Å²) in [7, 11) is 0. The lowest BCUT2D eigenvalue weighted by Crippen LogP contribution is -2.40. The van der Waals surface area contributed by atoms with Gasteiger partial charge in [-0.3, -0.25) is 4.79 Å². The van der Waals surface area contributed by atoms with Gasteiger partial charge in [-0.05, 0) is 24.6 Å². The van der Waals surface area contributed by atoms with E-state index >= 15 is 8.78 Å². The van der Waals surface area contributed by atoms with Crippen molar-refractivity contribution in [2.75, 3.05) is 31.1 Å². The number of hydrogen-bond donors (Lipinski definition) is 1. The van der Waals surface area contributed by atoms with E-state index < -0.39 is 52.5 Å². The van der Waals surface area contributed by atoms with Gasteiger partial charge < -0.3 is 24.3 Å². The van der Waals surface area contributed by atoms with Crippen molar-refractivity contribution in [3.8, 4) is 22.5 Å². The van der Waals surface area contributed by atoms with E-state index in [2.05, 4.69) is 9.48 Å². The van der Waals surface area contributed by atoms with Crippen molar-refractivity contribution in [1.29, 1.82) is 0 Å². The number of aromatic carboxylic acids is 1. The molecule has 0 radical (unpaired) electrons. The molecule has 0 saturated carbocycles. The highest BCUT2D eigenvalue weighted by Crippen LogP contribution is 2.45. The van der Waals surface area contributed by atoms with E-state index in [1.807, 2.05) is 0 Å². The Balaban J connectivity index is 1.75. The summed E-state index contributed by atoms with van der Waals surface area (Å²) in [6.07, 6.45) is 0.873. The monoisotopic (exact) mass is 522 g/mol. The van der Waals surface area contributed by atoms with Crippen LogP contribution in [0.2, 0.25) is 0 Å². The molecule has 6 rings (SSSR count). The molecule has 3 heterocycles. The van der Waals surface area contributed by atoms with E-state index in [-0.39, 0.29) is 27.9 Å². The normalized spacial score (nSPS) is 15.0. The third-order valence-corrected chi connectivity index (χ3v) is 7.33. The zero-order chi connectivity index (χ0) is 26.7. The van der Waals surface area contributed by atoms with Gasteiger partial charge in [0.05, 0.1) is 24.9 Å². The number of nitrogens with zero attached hydrogens (tertiary/aromatic N) is 2. The standard InChI is InChI=1S/C28H21F3N2O5/c29-25-18(13-21(34)35)26(30)27(31)24(28(36)37)23(25)22-16-5-3-14(32-7-1-8-32)11-19(16)38-20-12-15(4-6-17(20)22)33-9-2-10-33/h3-6,11-12H,1-2,7-10,13H2,(H-,34,35,36,37). The van der Waals surface area contributed by atoms with Crippen LogP contribution in [0, 0.1) is 17.5 Å². The molecule has 1 N–H and O–H groups in total. The van der Waals surface area contributed by atoms with E-state index in [1.165, 1.54) is 0 Å². The number of halogens is 3. The van der Waals surface area contributed by atoms with Gasteiger partial charge in [0.15, 0.2) is 11.6 Å². The van der Waals surface area contributed by atoms with Crippen LogP contribution in [0.5, 0.6) is 0 Å². The quantitative estimate of drug-likeness (QED) is 0.246. The molecule has 0 bridgehead atoms. The molecule has 4 aliphatic rings. The lowest BCUT2D eigenvalue weighted by Gasteiger charge is -2.33. The molecular weight excluding hydrogens is 501 g/mol. The van der Waals surface area contributed by atoms with Crippen molar-refractivity contribution in [2.24, 2.45) is 0 Å². The second-order valence-electron chi connectivity index (χ2n) is 9.55. The first-order valence-corrected chi connectivity index (χ1v) is 12.2. The summed E-state index contributed by atoms with van der Waals surface area (Å²) >= 11 is 0. The van der Waals surface area contributed by atoms with Crippen LogP contribution in [-0.4, -0.2) is 43.2 Å². The fraction of sp³-hybridized carbons (Fsp3) is 0.250. The lowest BCUT2D eigenvalue weighted by molar-refractivity contribution is -0.255. The van der Waals surface area contributed by atoms with Gasteiger partial charge in [0.25, 0.3) is 0 Å². The Kier molecular flexibility index (Phi) is 5.62. The molecule has 2 saturated heterocycles. The van der Waals surface area contributed by atoms with Crippen LogP contribution in [0.1, 0.15) is 28.8 Å². The van der Waals surface area contributed by atoms with Gasteiger partial charge in [0, 0.05) is 64.1 Å². The predicted octanol–water partition coefficient (Wildman–Crippen LogP) is 3.00. The van der Waals surface area contributed by atoms with Gasteiger partial charge in [-0.2, -0.15) is 0 Å². The maximum absolute atomic E-state index is 16.0. The summed E-state index contributed by atoms with van der Waals surface area (Å²) in [6.45, 7) is 3.37. The Hall–Kier alpha value is -4.34. The van der Waals surface area contributed by atoms with Crippen LogP contribution in [0.15, 0.2) is 40.8 Å².